The van der Waals surface area contributed by atoms with Gasteiger partial charge in [0.15, 0.2) is 0 Å². The average Bonchev–Trinajstić information content (AvgIpc) is 3.19. The van der Waals surface area contributed by atoms with Crippen molar-refractivity contribution in [3.05, 3.63) is 29.3 Å². The smallest absolute Gasteiger partial charge is 0.414 e. The van der Waals surface area contributed by atoms with Crippen LogP contribution in [0, 0.1) is 5.92 Å². The molecule has 0 unspecified atom stereocenters. The van der Waals surface area contributed by atoms with Crippen LogP contribution >= 0.6 is 0 Å². The number of rotatable bonds is 4. The molecule has 1 amide bonds. The molecule has 3 heteroatoms. The minimum absolute atomic E-state index is 0.192. The topological polar surface area (TPSA) is 29.5 Å². The second-order valence-corrected chi connectivity index (χ2v) is 6.33. The summed E-state index contributed by atoms with van der Waals surface area (Å²) in [4.78, 5) is 13.9. The lowest BCUT2D eigenvalue weighted by atomic mass is 9.89. The van der Waals surface area contributed by atoms with Crippen LogP contribution in [0.1, 0.15) is 56.6 Å². The summed E-state index contributed by atoms with van der Waals surface area (Å²) < 4.78 is 5.15. The van der Waals surface area contributed by atoms with Gasteiger partial charge in [-0.1, -0.05) is 39.0 Å². The molecule has 0 spiro atoms. The van der Waals surface area contributed by atoms with E-state index in [9.17, 15) is 4.79 Å². The molecule has 0 bridgehead atoms. The highest BCUT2D eigenvalue weighted by molar-refractivity contribution is 5.91. The Morgan fingerprint density at radius 2 is 1.90 bits per heavy atom. The summed E-state index contributed by atoms with van der Waals surface area (Å²) in [5.74, 6) is 1.72. The van der Waals surface area contributed by atoms with Gasteiger partial charge in [0.2, 0.25) is 0 Å². The fraction of sp³-hybridized carbons (Fsp3) is 0.588. The maximum Gasteiger partial charge on any atom is 0.414 e. The largest absolute Gasteiger partial charge is 0.447 e. The Kier molecular flexibility index (Phi) is 3.45. The highest BCUT2D eigenvalue weighted by Gasteiger charge is 2.34. The molecular formula is C17H23NO2. The van der Waals surface area contributed by atoms with Crippen molar-refractivity contribution in [3.8, 4) is 0 Å². The van der Waals surface area contributed by atoms with Crippen molar-refractivity contribution in [1.29, 1.82) is 0 Å². The molecular weight excluding hydrogens is 250 g/mol. The van der Waals surface area contributed by atoms with Crippen molar-refractivity contribution in [3.63, 3.8) is 0 Å². The number of hydrogen-bond acceptors (Lipinski definition) is 2. The average molecular weight is 273 g/mol. The Labute approximate surface area is 120 Å². The molecule has 2 fully saturated rings. The van der Waals surface area contributed by atoms with Gasteiger partial charge in [0, 0.05) is 0 Å². The van der Waals surface area contributed by atoms with Crippen LogP contribution in [-0.4, -0.2) is 19.2 Å². The molecule has 2 aliphatic rings. The molecule has 0 aromatic heterocycles. The number of nitrogens with zero attached hydrogens (tertiary/aromatic N) is 1. The highest BCUT2D eigenvalue weighted by Crippen LogP contribution is 2.46. The molecule has 0 radical (unpaired) electrons. The molecule has 3 nitrogen and oxygen atoms in total. The summed E-state index contributed by atoms with van der Waals surface area (Å²) in [6.07, 6.45) is 2.44. The molecule has 1 saturated heterocycles. The maximum atomic E-state index is 12.0. The van der Waals surface area contributed by atoms with Crippen molar-refractivity contribution in [2.75, 3.05) is 18.1 Å². The number of carbonyl (C=O) groups excluding carboxylic acids is 1. The fourth-order valence-corrected chi connectivity index (χ4v) is 3.17. The van der Waals surface area contributed by atoms with Gasteiger partial charge in [0.1, 0.15) is 6.61 Å². The predicted octanol–water partition coefficient (Wildman–Crippen LogP) is 4.28. The number of amides is 1. The number of anilines is 1. The monoisotopic (exact) mass is 273 g/mol. The summed E-state index contributed by atoms with van der Waals surface area (Å²) in [5.41, 5.74) is 3.69. The van der Waals surface area contributed by atoms with E-state index in [1.54, 1.807) is 0 Å². The fourth-order valence-electron chi connectivity index (χ4n) is 3.17. The first-order valence-corrected chi connectivity index (χ1v) is 7.66. The quantitative estimate of drug-likeness (QED) is 0.819. The molecule has 1 atom stereocenters. The van der Waals surface area contributed by atoms with Gasteiger partial charge in [0.05, 0.1) is 12.2 Å². The SMILES string of the molecule is CC(C)c1cccc([C@H](C)C2CC2)c1N1CCOC1=O. The molecule has 1 aromatic carbocycles. The second kappa shape index (κ2) is 5.12. The third-order valence-electron chi connectivity index (χ3n) is 4.57. The zero-order valence-corrected chi connectivity index (χ0v) is 12.6. The second-order valence-electron chi connectivity index (χ2n) is 6.33. The Morgan fingerprint density at radius 1 is 1.20 bits per heavy atom. The van der Waals surface area contributed by atoms with E-state index in [0.29, 0.717) is 25.0 Å². The Balaban J connectivity index is 2.08. The van der Waals surface area contributed by atoms with Crippen LogP contribution in [0.15, 0.2) is 18.2 Å². The Hall–Kier alpha value is -1.51. The summed E-state index contributed by atoms with van der Waals surface area (Å²) in [7, 11) is 0. The van der Waals surface area contributed by atoms with Crippen LogP contribution in [0.5, 0.6) is 0 Å². The number of cyclic esters (lactones) is 1. The lowest BCUT2D eigenvalue weighted by Gasteiger charge is -2.26. The lowest BCUT2D eigenvalue weighted by Crippen LogP contribution is -2.26. The zero-order chi connectivity index (χ0) is 14.3. The van der Waals surface area contributed by atoms with Crippen LogP contribution in [-0.2, 0) is 4.74 Å². The third kappa shape index (κ3) is 2.30. The summed E-state index contributed by atoms with van der Waals surface area (Å²) >= 11 is 0. The van der Waals surface area contributed by atoms with Gasteiger partial charge < -0.3 is 4.74 Å². The Morgan fingerprint density at radius 3 is 2.45 bits per heavy atom. The molecule has 1 saturated carbocycles. The number of para-hydroxylation sites is 1. The van der Waals surface area contributed by atoms with E-state index in [-0.39, 0.29) is 6.09 Å². The van der Waals surface area contributed by atoms with Gasteiger partial charge in [-0.3, -0.25) is 4.90 Å². The van der Waals surface area contributed by atoms with E-state index in [0.717, 1.165) is 11.6 Å². The molecule has 1 heterocycles. The van der Waals surface area contributed by atoms with Gasteiger partial charge in [-0.05, 0) is 41.7 Å². The van der Waals surface area contributed by atoms with E-state index in [1.807, 2.05) is 4.90 Å². The van der Waals surface area contributed by atoms with Crippen LogP contribution in [0.3, 0.4) is 0 Å². The van der Waals surface area contributed by atoms with E-state index >= 15 is 0 Å². The summed E-state index contributed by atoms with van der Waals surface area (Å²) in [6, 6.07) is 6.47. The zero-order valence-electron chi connectivity index (χ0n) is 12.6. The first-order chi connectivity index (χ1) is 9.59. The van der Waals surface area contributed by atoms with Gasteiger partial charge in [-0.25, -0.2) is 4.79 Å². The third-order valence-corrected chi connectivity index (χ3v) is 4.57. The van der Waals surface area contributed by atoms with Crippen LogP contribution in [0.2, 0.25) is 0 Å². The molecule has 1 aromatic rings. The molecule has 3 rings (SSSR count). The van der Waals surface area contributed by atoms with Crippen molar-refractivity contribution in [2.24, 2.45) is 5.92 Å². The summed E-state index contributed by atoms with van der Waals surface area (Å²) in [5, 5.41) is 0. The van der Waals surface area contributed by atoms with Gasteiger partial charge in [-0.15, -0.1) is 0 Å². The van der Waals surface area contributed by atoms with Crippen LogP contribution in [0.25, 0.3) is 0 Å². The van der Waals surface area contributed by atoms with Crippen molar-refractivity contribution in [2.45, 2.75) is 45.4 Å². The molecule has 20 heavy (non-hydrogen) atoms. The number of carbonyl (C=O) groups is 1. The van der Waals surface area contributed by atoms with Gasteiger partial charge in [-0.2, -0.15) is 0 Å². The van der Waals surface area contributed by atoms with E-state index in [4.69, 9.17) is 4.74 Å². The predicted molar refractivity (Wildman–Crippen MR) is 80.4 cm³/mol. The minimum Gasteiger partial charge on any atom is -0.447 e. The van der Waals surface area contributed by atoms with Crippen LogP contribution in [0.4, 0.5) is 10.5 Å². The number of hydrogen-bond donors (Lipinski definition) is 0. The van der Waals surface area contributed by atoms with Gasteiger partial charge >= 0.3 is 6.09 Å². The lowest BCUT2D eigenvalue weighted by molar-refractivity contribution is 0.181. The molecule has 0 N–H and O–H groups in total. The van der Waals surface area contributed by atoms with Crippen molar-refractivity contribution in [1.82, 2.24) is 0 Å². The maximum absolute atomic E-state index is 12.0. The minimum atomic E-state index is -0.192. The van der Waals surface area contributed by atoms with Crippen molar-refractivity contribution < 1.29 is 9.53 Å². The number of ether oxygens (including phenoxy) is 1. The standard InChI is InChI=1S/C17H23NO2/c1-11(2)14-5-4-6-15(12(3)13-7-8-13)16(14)18-9-10-20-17(18)19/h4-6,11-13H,7-10H2,1-3H3/t12-/m1/s1. The highest BCUT2D eigenvalue weighted by atomic mass is 16.6. The number of benzene rings is 1. The Bertz CT molecular complexity index is 520. The first kappa shape index (κ1) is 13.5. The molecule has 108 valence electrons. The molecule has 1 aliphatic heterocycles. The van der Waals surface area contributed by atoms with Crippen LogP contribution < -0.4 is 4.90 Å². The first-order valence-electron chi connectivity index (χ1n) is 7.66. The molecule has 1 aliphatic carbocycles. The van der Waals surface area contributed by atoms with E-state index in [2.05, 4.69) is 39.0 Å². The van der Waals surface area contributed by atoms with Gasteiger partial charge in [0.25, 0.3) is 0 Å². The van der Waals surface area contributed by atoms with E-state index < -0.39 is 0 Å². The summed E-state index contributed by atoms with van der Waals surface area (Å²) in [6.45, 7) is 7.84. The van der Waals surface area contributed by atoms with Crippen molar-refractivity contribution >= 4 is 11.8 Å². The van der Waals surface area contributed by atoms with E-state index in [1.165, 1.54) is 24.0 Å². The normalized spacial score (nSPS) is 20.4.